The van der Waals surface area contributed by atoms with Crippen molar-refractivity contribution in [1.82, 2.24) is 5.32 Å². The Hall–Kier alpha value is -3.28. The van der Waals surface area contributed by atoms with Crippen LogP contribution in [-0.2, 0) is 4.79 Å². The lowest BCUT2D eigenvalue weighted by molar-refractivity contribution is -0.123. The summed E-state index contributed by atoms with van der Waals surface area (Å²) >= 11 is 0. The van der Waals surface area contributed by atoms with Gasteiger partial charge in [-0.3, -0.25) is 9.59 Å². The van der Waals surface area contributed by atoms with Crippen LogP contribution in [0.4, 0.5) is 0 Å². The second kappa shape index (κ2) is 20.6. The number of aromatic hydroxyl groups is 1. The highest BCUT2D eigenvalue weighted by Gasteiger charge is 2.13. The number of carbonyl (C=O) groups excluding carboxylic acids is 1. The van der Waals surface area contributed by atoms with E-state index in [1.165, 1.54) is 121 Å². The number of fused-ring (bicyclic) bond motifs is 1. The lowest BCUT2D eigenvalue weighted by atomic mass is 10.0. The molecule has 1 heterocycles. The minimum atomic E-state index is -0.341. The minimum absolute atomic E-state index is 0.0885. The van der Waals surface area contributed by atoms with Crippen molar-refractivity contribution in [1.29, 1.82) is 0 Å². The number of phenolic OH excluding ortho intramolecular Hbond substituents is 1. The van der Waals surface area contributed by atoms with Crippen LogP contribution in [0.25, 0.3) is 22.3 Å². The molecule has 0 atom stereocenters. The first kappa shape index (κ1) is 34.2. The second-order valence-electron chi connectivity index (χ2n) is 11.8. The summed E-state index contributed by atoms with van der Waals surface area (Å²) in [6.07, 6.45) is 24.0. The molecule has 0 spiro atoms. The Labute approximate surface area is 258 Å². The first-order valence-electron chi connectivity index (χ1n) is 16.8. The average Bonchev–Trinajstić information content (AvgIpc) is 3.01. The fourth-order valence-corrected chi connectivity index (χ4v) is 5.53. The zero-order valence-electron chi connectivity index (χ0n) is 26.3. The van der Waals surface area contributed by atoms with Gasteiger partial charge >= 0.3 is 0 Å². The van der Waals surface area contributed by atoms with E-state index in [0.717, 1.165) is 18.4 Å². The highest BCUT2D eigenvalue weighted by molar-refractivity contribution is 5.86. The van der Waals surface area contributed by atoms with Crippen molar-refractivity contribution in [3.05, 3.63) is 58.8 Å². The number of phenols is 1. The highest BCUT2D eigenvalue weighted by atomic mass is 16.5. The molecule has 236 valence electrons. The van der Waals surface area contributed by atoms with Crippen LogP contribution >= 0.6 is 0 Å². The van der Waals surface area contributed by atoms with E-state index in [0.29, 0.717) is 12.3 Å². The molecule has 0 bridgehead atoms. The van der Waals surface area contributed by atoms with Gasteiger partial charge in [-0.05, 0) is 6.42 Å². The fraction of sp³-hybridized carbons (Fsp3) is 0.568. The van der Waals surface area contributed by atoms with Gasteiger partial charge in [-0.1, -0.05) is 146 Å². The third-order valence-electron chi connectivity index (χ3n) is 8.06. The molecule has 0 radical (unpaired) electrons. The van der Waals surface area contributed by atoms with Gasteiger partial charge in [0, 0.05) is 30.3 Å². The van der Waals surface area contributed by atoms with Crippen molar-refractivity contribution < 1.29 is 19.1 Å². The number of benzene rings is 2. The van der Waals surface area contributed by atoms with Gasteiger partial charge in [0.15, 0.2) is 12.0 Å². The third-order valence-corrected chi connectivity index (χ3v) is 8.06. The van der Waals surface area contributed by atoms with Gasteiger partial charge in [-0.25, -0.2) is 0 Å². The van der Waals surface area contributed by atoms with Crippen LogP contribution in [-0.4, -0.2) is 24.2 Å². The van der Waals surface area contributed by atoms with Gasteiger partial charge in [-0.2, -0.15) is 0 Å². The molecule has 43 heavy (non-hydrogen) atoms. The van der Waals surface area contributed by atoms with Crippen LogP contribution in [0.5, 0.6) is 11.5 Å². The number of ether oxygens (including phenoxy) is 1. The predicted molar refractivity (Wildman–Crippen MR) is 177 cm³/mol. The Kier molecular flexibility index (Phi) is 16.4. The van der Waals surface area contributed by atoms with E-state index in [1.807, 2.05) is 30.3 Å². The van der Waals surface area contributed by atoms with Crippen molar-refractivity contribution >= 4 is 16.9 Å². The highest BCUT2D eigenvalue weighted by Crippen LogP contribution is 2.31. The quantitative estimate of drug-likeness (QED) is 0.107. The molecule has 6 nitrogen and oxygen atoms in total. The molecule has 3 aromatic rings. The van der Waals surface area contributed by atoms with E-state index >= 15 is 0 Å². The summed E-state index contributed by atoms with van der Waals surface area (Å²) in [5, 5.41) is 13.4. The van der Waals surface area contributed by atoms with E-state index in [4.69, 9.17) is 9.15 Å². The monoisotopic (exact) mass is 591 g/mol. The van der Waals surface area contributed by atoms with E-state index in [1.54, 1.807) is 0 Å². The lowest BCUT2D eigenvalue weighted by Gasteiger charge is -2.10. The van der Waals surface area contributed by atoms with Crippen LogP contribution in [0, 0.1) is 0 Å². The molecule has 0 aliphatic rings. The topological polar surface area (TPSA) is 88.8 Å². The Morgan fingerprint density at radius 1 is 0.744 bits per heavy atom. The Morgan fingerprint density at radius 3 is 1.84 bits per heavy atom. The zero-order valence-corrected chi connectivity index (χ0v) is 26.3. The van der Waals surface area contributed by atoms with Gasteiger partial charge < -0.3 is 19.6 Å². The molecule has 0 saturated carbocycles. The summed E-state index contributed by atoms with van der Waals surface area (Å²) < 4.78 is 11.5. The standard InChI is InChI=1S/C37H53NO5/c1-2-3-4-5-6-7-8-9-10-11-12-13-14-15-16-17-18-22-25-38-36(41)29-42-31-26-32(39)37-33(40)28-34(43-35(37)27-31)30-23-20-19-21-24-30/h19-21,23-24,26-28,39H,2-18,22,25,29H2,1H3,(H,38,41). The summed E-state index contributed by atoms with van der Waals surface area (Å²) in [6.45, 7) is 2.73. The van der Waals surface area contributed by atoms with Crippen LogP contribution in [0.1, 0.15) is 122 Å². The third kappa shape index (κ3) is 13.3. The second-order valence-corrected chi connectivity index (χ2v) is 11.8. The Morgan fingerprint density at radius 2 is 1.28 bits per heavy atom. The van der Waals surface area contributed by atoms with Gasteiger partial charge in [0.25, 0.3) is 5.91 Å². The SMILES string of the molecule is CCCCCCCCCCCCCCCCCCCCNC(=O)COc1cc(O)c2c(=O)cc(-c3ccccc3)oc2c1. The van der Waals surface area contributed by atoms with Crippen LogP contribution < -0.4 is 15.5 Å². The smallest absolute Gasteiger partial charge is 0.257 e. The molecule has 0 saturated heterocycles. The largest absolute Gasteiger partial charge is 0.507 e. The van der Waals surface area contributed by atoms with Crippen LogP contribution in [0.15, 0.2) is 57.7 Å². The Bertz CT molecular complexity index is 1250. The van der Waals surface area contributed by atoms with Gasteiger partial charge in [-0.15, -0.1) is 0 Å². The van der Waals surface area contributed by atoms with Gasteiger partial charge in [0.1, 0.15) is 28.2 Å². The average molecular weight is 592 g/mol. The summed E-state index contributed by atoms with van der Waals surface area (Å²) in [5.41, 5.74) is 0.623. The minimum Gasteiger partial charge on any atom is -0.507 e. The molecule has 1 aromatic heterocycles. The summed E-state index contributed by atoms with van der Waals surface area (Å²) in [5.74, 6) is 0.213. The number of nitrogens with one attached hydrogen (secondary N) is 1. The number of unbranched alkanes of at least 4 members (excludes halogenated alkanes) is 17. The number of carbonyl (C=O) groups is 1. The molecule has 0 fully saturated rings. The van der Waals surface area contributed by atoms with Crippen molar-refractivity contribution in [3.8, 4) is 22.8 Å². The maximum Gasteiger partial charge on any atom is 0.257 e. The van der Waals surface area contributed by atoms with E-state index in [2.05, 4.69) is 12.2 Å². The van der Waals surface area contributed by atoms with E-state index < -0.39 is 0 Å². The number of hydrogen-bond acceptors (Lipinski definition) is 5. The van der Waals surface area contributed by atoms with Crippen molar-refractivity contribution in [2.24, 2.45) is 0 Å². The lowest BCUT2D eigenvalue weighted by Crippen LogP contribution is -2.29. The van der Waals surface area contributed by atoms with Crippen LogP contribution in [0.2, 0.25) is 0 Å². The van der Waals surface area contributed by atoms with Gasteiger partial charge in [0.05, 0.1) is 0 Å². The normalized spacial score (nSPS) is 11.2. The maximum absolute atomic E-state index is 12.6. The zero-order chi connectivity index (χ0) is 30.5. The molecule has 1 amide bonds. The molecule has 6 heteroatoms. The summed E-state index contributed by atoms with van der Waals surface area (Å²) in [4.78, 5) is 24.9. The first-order valence-corrected chi connectivity index (χ1v) is 16.8. The van der Waals surface area contributed by atoms with Crippen molar-refractivity contribution in [2.45, 2.75) is 122 Å². The molecule has 2 N–H and O–H groups in total. The molecular formula is C37H53NO5. The number of amides is 1. The van der Waals surface area contributed by atoms with Crippen LogP contribution in [0.3, 0.4) is 0 Å². The van der Waals surface area contributed by atoms with Gasteiger partial charge in [0.2, 0.25) is 0 Å². The molecule has 0 aliphatic carbocycles. The van der Waals surface area contributed by atoms with Crippen molar-refractivity contribution in [3.63, 3.8) is 0 Å². The first-order chi connectivity index (χ1) is 21.1. The van der Waals surface area contributed by atoms with E-state index in [-0.39, 0.29) is 40.4 Å². The number of rotatable bonds is 23. The maximum atomic E-state index is 12.6. The molecular weight excluding hydrogens is 538 g/mol. The number of hydrogen-bond donors (Lipinski definition) is 2. The van der Waals surface area contributed by atoms with E-state index in [9.17, 15) is 14.7 Å². The predicted octanol–water partition coefficient (Wildman–Crippen LogP) is 9.70. The van der Waals surface area contributed by atoms with Crippen molar-refractivity contribution in [2.75, 3.05) is 13.2 Å². The molecule has 0 aliphatic heterocycles. The summed E-state index contributed by atoms with van der Waals surface area (Å²) in [6, 6.07) is 13.5. The summed E-state index contributed by atoms with van der Waals surface area (Å²) in [7, 11) is 0. The molecule has 3 rings (SSSR count). The molecule has 2 aromatic carbocycles. The Balaban J connectivity index is 1.20. The molecule has 0 unspecified atom stereocenters. The fourth-order valence-electron chi connectivity index (χ4n) is 5.53.